The number of aryl methyl sites for hydroxylation is 1. The Morgan fingerprint density at radius 1 is 1.38 bits per heavy atom. The van der Waals surface area contributed by atoms with Crippen LogP contribution in [-0.2, 0) is 7.05 Å². The molecule has 3 heterocycles. The SMILES string of the molecule is Cn1c2cc[nH]c(=O)c2c2ccc(Br)nc21. The Hall–Kier alpha value is -1.62. The van der Waals surface area contributed by atoms with E-state index in [2.05, 4.69) is 25.9 Å². The van der Waals surface area contributed by atoms with E-state index in [9.17, 15) is 4.79 Å². The molecule has 5 heteroatoms. The molecule has 0 saturated heterocycles. The number of hydrogen-bond acceptors (Lipinski definition) is 2. The zero-order valence-electron chi connectivity index (χ0n) is 8.49. The molecule has 0 unspecified atom stereocenters. The van der Waals surface area contributed by atoms with E-state index in [0.717, 1.165) is 21.2 Å². The van der Waals surface area contributed by atoms with Gasteiger partial charge < -0.3 is 9.55 Å². The third-order valence-electron chi connectivity index (χ3n) is 2.73. The number of aromatic nitrogens is 3. The van der Waals surface area contributed by atoms with E-state index >= 15 is 0 Å². The number of aromatic amines is 1. The molecule has 3 aromatic heterocycles. The van der Waals surface area contributed by atoms with Crippen molar-refractivity contribution in [1.29, 1.82) is 0 Å². The summed E-state index contributed by atoms with van der Waals surface area (Å²) in [4.78, 5) is 18.8. The molecule has 0 spiro atoms. The van der Waals surface area contributed by atoms with Crippen molar-refractivity contribution in [2.75, 3.05) is 0 Å². The summed E-state index contributed by atoms with van der Waals surface area (Å²) in [6, 6.07) is 5.63. The van der Waals surface area contributed by atoms with Crippen LogP contribution < -0.4 is 5.56 Å². The highest BCUT2D eigenvalue weighted by Gasteiger charge is 2.11. The van der Waals surface area contributed by atoms with Gasteiger partial charge in [-0.1, -0.05) is 0 Å². The standard InChI is InChI=1S/C11H8BrN3O/c1-15-7-4-5-13-11(16)9(7)6-2-3-8(12)14-10(6)15/h2-5H,1H3,(H,13,16). The zero-order valence-corrected chi connectivity index (χ0v) is 10.1. The molecule has 0 aliphatic rings. The predicted octanol–water partition coefficient (Wildman–Crippen LogP) is 2.18. The zero-order chi connectivity index (χ0) is 11.3. The maximum atomic E-state index is 11.8. The minimum absolute atomic E-state index is 0.0766. The van der Waals surface area contributed by atoms with Crippen LogP contribution in [0.5, 0.6) is 0 Å². The normalized spacial score (nSPS) is 11.4. The quantitative estimate of drug-likeness (QED) is 0.641. The monoisotopic (exact) mass is 277 g/mol. The lowest BCUT2D eigenvalue weighted by atomic mass is 10.2. The number of nitrogens with one attached hydrogen (secondary N) is 1. The van der Waals surface area contributed by atoms with Crippen molar-refractivity contribution in [2.24, 2.45) is 7.05 Å². The lowest BCUT2D eigenvalue weighted by Gasteiger charge is -1.96. The van der Waals surface area contributed by atoms with Crippen LogP contribution >= 0.6 is 15.9 Å². The molecule has 3 aromatic rings. The van der Waals surface area contributed by atoms with E-state index in [1.807, 2.05) is 29.8 Å². The molecule has 80 valence electrons. The second-order valence-electron chi connectivity index (χ2n) is 3.63. The van der Waals surface area contributed by atoms with Gasteiger partial charge in [0.2, 0.25) is 0 Å². The molecule has 0 aliphatic carbocycles. The molecule has 0 bridgehead atoms. The smallest absolute Gasteiger partial charge is 0.258 e. The molecule has 0 aliphatic heterocycles. The fraction of sp³-hybridized carbons (Fsp3) is 0.0909. The molecular weight excluding hydrogens is 270 g/mol. The summed E-state index contributed by atoms with van der Waals surface area (Å²) in [5.41, 5.74) is 1.62. The summed E-state index contributed by atoms with van der Waals surface area (Å²) >= 11 is 3.33. The number of H-pyrrole nitrogens is 1. The second-order valence-corrected chi connectivity index (χ2v) is 4.44. The highest BCUT2D eigenvalue weighted by Crippen LogP contribution is 2.24. The van der Waals surface area contributed by atoms with E-state index in [1.165, 1.54) is 0 Å². The molecule has 4 nitrogen and oxygen atoms in total. The van der Waals surface area contributed by atoms with Crippen LogP contribution in [0.1, 0.15) is 0 Å². The molecule has 3 rings (SSSR count). The van der Waals surface area contributed by atoms with Crippen LogP contribution in [0.15, 0.2) is 33.8 Å². The van der Waals surface area contributed by atoms with Gasteiger partial charge in [-0.15, -0.1) is 0 Å². The molecule has 0 fully saturated rings. The van der Waals surface area contributed by atoms with Crippen molar-refractivity contribution in [2.45, 2.75) is 0 Å². The number of fused-ring (bicyclic) bond motifs is 3. The van der Waals surface area contributed by atoms with Gasteiger partial charge in [0, 0.05) is 18.6 Å². The average Bonchev–Trinajstić information content (AvgIpc) is 2.55. The second kappa shape index (κ2) is 3.18. The first-order chi connectivity index (χ1) is 7.68. The number of hydrogen-bond donors (Lipinski definition) is 1. The Kier molecular flexibility index (Phi) is 1.91. The van der Waals surface area contributed by atoms with Crippen LogP contribution in [0.2, 0.25) is 0 Å². The Balaban J connectivity index is 2.71. The van der Waals surface area contributed by atoms with E-state index < -0.39 is 0 Å². The molecular formula is C11H8BrN3O. The Morgan fingerprint density at radius 3 is 3.00 bits per heavy atom. The summed E-state index contributed by atoms with van der Waals surface area (Å²) in [5.74, 6) is 0. The Bertz CT molecular complexity index is 757. The molecule has 1 N–H and O–H groups in total. The lowest BCUT2D eigenvalue weighted by Crippen LogP contribution is -2.03. The third kappa shape index (κ3) is 1.15. The maximum Gasteiger partial charge on any atom is 0.258 e. The van der Waals surface area contributed by atoms with E-state index in [0.29, 0.717) is 5.39 Å². The van der Waals surface area contributed by atoms with E-state index in [-0.39, 0.29) is 5.56 Å². The molecule has 0 aromatic carbocycles. The summed E-state index contributed by atoms with van der Waals surface area (Å²) in [6.45, 7) is 0. The van der Waals surface area contributed by atoms with Crippen molar-refractivity contribution in [3.8, 4) is 0 Å². The van der Waals surface area contributed by atoms with Crippen molar-refractivity contribution < 1.29 is 0 Å². The van der Waals surface area contributed by atoms with Gasteiger partial charge in [-0.3, -0.25) is 4.79 Å². The summed E-state index contributed by atoms with van der Waals surface area (Å²) in [5, 5.41) is 1.57. The van der Waals surface area contributed by atoms with Gasteiger partial charge >= 0.3 is 0 Å². The van der Waals surface area contributed by atoms with Crippen molar-refractivity contribution in [3.05, 3.63) is 39.4 Å². The molecule has 0 atom stereocenters. The van der Waals surface area contributed by atoms with Gasteiger partial charge in [-0.25, -0.2) is 4.98 Å². The fourth-order valence-electron chi connectivity index (χ4n) is 2.00. The summed E-state index contributed by atoms with van der Waals surface area (Å²) in [7, 11) is 1.91. The Morgan fingerprint density at radius 2 is 2.19 bits per heavy atom. The van der Waals surface area contributed by atoms with Crippen molar-refractivity contribution >= 4 is 37.9 Å². The number of nitrogens with zero attached hydrogens (tertiary/aromatic N) is 2. The first kappa shape index (κ1) is 9.59. The average molecular weight is 278 g/mol. The van der Waals surface area contributed by atoms with Crippen LogP contribution in [0.25, 0.3) is 21.9 Å². The van der Waals surface area contributed by atoms with E-state index in [1.54, 1.807) is 6.20 Å². The first-order valence-corrected chi connectivity index (χ1v) is 5.60. The highest BCUT2D eigenvalue weighted by atomic mass is 79.9. The van der Waals surface area contributed by atoms with Crippen LogP contribution in [0.3, 0.4) is 0 Å². The number of rotatable bonds is 0. The largest absolute Gasteiger partial charge is 0.328 e. The molecule has 16 heavy (non-hydrogen) atoms. The van der Waals surface area contributed by atoms with Crippen molar-refractivity contribution in [1.82, 2.24) is 14.5 Å². The van der Waals surface area contributed by atoms with Crippen LogP contribution in [0.4, 0.5) is 0 Å². The van der Waals surface area contributed by atoms with Gasteiger partial charge in [0.05, 0.1) is 10.9 Å². The molecule has 0 saturated carbocycles. The minimum atomic E-state index is -0.0766. The lowest BCUT2D eigenvalue weighted by molar-refractivity contribution is 0.984. The van der Waals surface area contributed by atoms with Gasteiger partial charge in [0.1, 0.15) is 10.3 Å². The number of halogens is 1. The minimum Gasteiger partial charge on any atom is -0.328 e. The van der Waals surface area contributed by atoms with Gasteiger partial charge in [-0.05, 0) is 34.1 Å². The van der Waals surface area contributed by atoms with Crippen LogP contribution in [-0.4, -0.2) is 14.5 Å². The predicted molar refractivity (Wildman–Crippen MR) is 66.5 cm³/mol. The highest BCUT2D eigenvalue weighted by molar-refractivity contribution is 9.10. The van der Waals surface area contributed by atoms with Gasteiger partial charge in [0.15, 0.2) is 0 Å². The van der Waals surface area contributed by atoms with Gasteiger partial charge in [-0.2, -0.15) is 0 Å². The first-order valence-electron chi connectivity index (χ1n) is 4.81. The molecule has 0 radical (unpaired) electrons. The van der Waals surface area contributed by atoms with Crippen molar-refractivity contribution in [3.63, 3.8) is 0 Å². The summed E-state index contributed by atoms with van der Waals surface area (Å²) < 4.78 is 2.69. The topological polar surface area (TPSA) is 50.7 Å². The van der Waals surface area contributed by atoms with Gasteiger partial charge in [0.25, 0.3) is 5.56 Å². The maximum absolute atomic E-state index is 11.8. The molecule has 0 amide bonds. The Labute approximate surface area is 99.0 Å². The third-order valence-corrected chi connectivity index (χ3v) is 3.17. The number of pyridine rings is 2. The fourth-order valence-corrected chi connectivity index (χ4v) is 2.30. The van der Waals surface area contributed by atoms with Crippen LogP contribution in [0, 0.1) is 0 Å². The van der Waals surface area contributed by atoms with E-state index in [4.69, 9.17) is 0 Å². The summed E-state index contributed by atoms with van der Waals surface area (Å²) in [6.07, 6.45) is 1.65.